The topological polar surface area (TPSA) is 91.3 Å². The van der Waals surface area contributed by atoms with Gasteiger partial charge in [0.15, 0.2) is 5.90 Å². The zero-order chi connectivity index (χ0) is 11.4. The summed E-state index contributed by atoms with van der Waals surface area (Å²) < 4.78 is 4.98. The molecular formula is C8H15N3O3. The molecule has 0 spiro atoms. The maximum Gasteiger partial charge on any atom is 0.261 e. The summed E-state index contributed by atoms with van der Waals surface area (Å²) in [5.74, 6) is -2.18. The van der Waals surface area contributed by atoms with Crippen molar-refractivity contribution in [2.24, 2.45) is 0 Å². The molecule has 0 heterocycles. The molecular weight excluding hydrogens is 186 g/mol. The van der Waals surface area contributed by atoms with Gasteiger partial charge in [0.25, 0.3) is 5.85 Å². The minimum absolute atomic E-state index is 0.102. The Kier molecular flexibility index (Phi) is 4.07. The summed E-state index contributed by atoms with van der Waals surface area (Å²) in [7, 11) is 0. The fraction of sp³-hybridized carbons (Fsp3) is 0.625. The molecule has 3 N–H and O–H groups in total. The van der Waals surface area contributed by atoms with Crippen molar-refractivity contribution in [3.63, 3.8) is 0 Å². The summed E-state index contributed by atoms with van der Waals surface area (Å²) in [5, 5.41) is 11.9. The van der Waals surface area contributed by atoms with E-state index in [1.165, 1.54) is 27.7 Å². The van der Waals surface area contributed by atoms with Gasteiger partial charge in [-0.3, -0.25) is 15.0 Å². The summed E-state index contributed by atoms with van der Waals surface area (Å²) >= 11 is 0. The first kappa shape index (κ1) is 12.4. The number of hydrogen-bond donors (Lipinski definition) is 3. The van der Waals surface area contributed by atoms with E-state index in [2.05, 4.69) is 10.6 Å². The van der Waals surface area contributed by atoms with Crippen LogP contribution in [0.25, 0.3) is 0 Å². The highest BCUT2D eigenvalue weighted by molar-refractivity contribution is 5.78. The van der Waals surface area contributed by atoms with Gasteiger partial charge in [0.2, 0.25) is 11.8 Å². The lowest BCUT2D eigenvalue weighted by Gasteiger charge is -2.30. The molecule has 80 valence electrons. The minimum atomic E-state index is -1.36. The van der Waals surface area contributed by atoms with E-state index < -0.39 is 5.85 Å². The van der Waals surface area contributed by atoms with Crippen molar-refractivity contribution in [3.05, 3.63) is 0 Å². The van der Waals surface area contributed by atoms with Crippen molar-refractivity contribution in [1.29, 1.82) is 5.41 Å². The van der Waals surface area contributed by atoms with E-state index in [9.17, 15) is 9.59 Å². The first-order chi connectivity index (χ1) is 6.25. The van der Waals surface area contributed by atoms with Crippen LogP contribution in [0, 0.1) is 5.41 Å². The summed E-state index contributed by atoms with van der Waals surface area (Å²) in [6.07, 6.45) is 0. The second kappa shape index (κ2) is 4.59. The maximum absolute atomic E-state index is 10.8. The van der Waals surface area contributed by atoms with Gasteiger partial charge in [0, 0.05) is 27.7 Å². The predicted molar refractivity (Wildman–Crippen MR) is 50.5 cm³/mol. The first-order valence-corrected chi connectivity index (χ1v) is 4.07. The number of rotatable bonds is 3. The third-order valence-electron chi connectivity index (χ3n) is 1.19. The van der Waals surface area contributed by atoms with E-state index in [0.717, 1.165) is 0 Å². The van der Waals surface area contributed by atoms with Gasteiger partial charge in [-0.05, 0) is 0 Å². The Balaban J connectivity index is 4.56. The van der Waals surface area contributed by atoms with E-state index in [-0.39, 0.29) is 17.7 Å². The highest BCUT2D eigenvalue weighted by Crippen LogP contribution is 2.02. The zero-order valence-corrected chi connectivity index (χ0v) is 8.72. The average Bonchev–Trinajstić information content (AvgIpc) is 1.76. The van der Waals surface area contributed by atoms with E-state index >= 15 is 0 Å². The third kappa shape index (κ3) is 5.13. The van der Waals surface area contributed by atoms with Gasteiger partial charge in [0.1, 0.15) is 0 Å². The molecule has 0 bridgehead atoms. The number of hydrogen-bond acceptors (Lipinski definition) is 4. The van der Waals surface area contributed by atoms with Crippen molar-refractivity contribution in [2.45, 2.75) is 33.5 Å². The van der Waals surface area contributed by atoms with Crippen LogP contribution in [0.1, 0.15) is 27.7 Å². The number of carbonyl (C=O) groups is 2. The molecule has 0 aliphatic rings. The molecule has 6 heteroatoms. The molecule has 0 aromatic heterocycles. The molecule has 14 heavy (non-hydrogen) atoms. The third-order valence-corrected chi connectivity index (χ3v) is 1.19. The molecule has 0 aromatic carbocycles. The molecule has 0 rings (SSSR count). The average molecular weight is 201 g/mol. The second-order valence-electron chi connectivity index (χ2n) is 3.05. The summed E-state index contributed by atoms with van der Waals surface area (Å²) in [5.41, 5.74) is 0. The standard InChI is InChI=1S/C8H15N3O3/c1-5(9)14-8(4,10-6(2)12)11-7(3)13/h9H,1-4H3,(H,10,12)(H,11,13). The van der Waals surface area contributed by atoms with Crippen molar-refractivity contribution in [3.8, 4) is 0 Å². The molecule has 2 amide bonds. The molecule has 0 aliphatic carbocycles. The molecule has 0 unspecified atom stereocenters. The number of amides is 2. The second-order valence-corrected chi connectivity index (χ2v) is 3.05. The highest BCUT2D eigenvalue weighted by atomic mass is 16.5. The van der Waals surface area contributed by atoms with Crippen LogP contribution in [-0.2, 0) is 14.3 Å². The predicted octanol–water partition coefficient (Wildman–Crippen LogP) is -0.0539. The van der Waals surface area contributed by atoms with Crippen molar-refractivity contribution < 1.29 is 14.3 Å². The smallest absolute Gasteiger partial charge is 0.261 e. The largest absolute Gasteiger partial charge is 0.438 e. The Morgan fingerprint density at radius 3 is 1.71 bits per heavy atom. The Labute approximate surface area is 82.5 Å². The summed E-state index contributed by atoms with van der Waals surface area (Å²) in [6, 6.07) is 0. The molecule has 0 radical (unpaired) electrons. The van der Waals surface area contributed by atoms with Crippen LogP contribution in [0.3, 0.4) is 0 Å². The van der Waals surface area contributed by atoms with Gasteiger partial charge in [-0.25, -0.2) is 0 Å². The molecule has 0 aliphatic heterocycles. The van der Waals surface area contributed by atoms with Crippen LogP contribution < -0.4 is 10.6 Å². The molecule has 0 atom stereocenters. The quantitative estimate of drug-likeness (QED) is 0.339. The lowest BCUT2D eigenvalue weighted by Crippen LogP contribution is -2.60. The SMILES string of the molecule is CC(=N)OC(C)(NC(C)=O)NC(C)=O. The van der Waals surface area contributed by atoms with Crippen LogP contribution in [-0.4, -0.2) is 23.6 Å². The molecule has 6 nitrogen and oxygen atoms in total. The van der Waals surface area contributed by atoms with E-state index in [1.54, 1.807) is 0 Å². The van der Waals surface area contributed by atoms with Crippen LogP contribution in [0.4, 0.5) is 0 Å². The first-order valence-electron chi connectivity index (χ1n) is 4.07. The van der Waals surface area contributed by atoms with Gasteiger partial charge >= 0.3 is 0 Å². The minimum Gasteiger partial charge on any atom is -0.438 e. The zero-order valence-electron chi connectivity index (χ0n) is 8.72. The maximum atomic E-state index is 10.8. The van der Waals surface area contributed by atoms with E-state index in [0.29, 0.717) is 0 Å². The molecule has 0 saturated carbocycles. The Morgan fingerprint density at radius 2 is 1.50 bits per heavy atom. The Bertz CT molecular complexity index is 222. The van der Waals surface area contributed by atoms with Crippen molar-refractivity contribution >= 4 is 17.7 Å². The number of nitrogens with one attached hydrogen (secondary N) is 3. The molecule has 0 fully saturated rings. The van der Waals surface area contributed by atoms with Crippen LogP contribution in [0.15, 0.2) is 0 Å². The van der Waals surface area contributed by atoms with Crippen LogP contribution in [0.5, 0.6) is 0 Å². The van der Waals surface area contributed by atoms with Gasteiger partial charge < -0.3 is 15.4 Å². The van der Waals surface area contributed by atoms with Gasteiger partial charge in [-0.1, -0.05) is 0 Å². The Morgan fingerprint density at radius 1 is 1.14 bits per heavy atom. The van der Waals surface area contributed by atoms with Crippen molar-refractivity contribution in [1.82, 2.24) is 10.6 Å². The molecule has 0 aromatic rings. The lowest BCUT2D eigenvalue weighted by atomic mass is 10.4. The summed E-state index contributed by atoms with van der Waals surface area (Å²) in [4.78, 5) is 21.6. The fourth-order valence-corrected chi connectivity index (χ4v) is 1.06. The van der Waals surface area contributed by atoms with E-state index in [4.69, 9.17) is 10.1 Å². The van der Waals surface area contributed by atoms with Gasteiger partial charge in [-0.2, -0.15) is 0 Å². The van der Waals surface area contributed by atoms with Gasteiger partial charge in [0.05, 0.1) is 0 Å². The summed E-state index contributed by atoms with van der Waals surface area (Å²) in [6.45, 7) is 5.45. The van der Waals surface area contributed by atoms with Crippen LogP contribution >= 0.6 is 0 Å². The normalized spacial score (nSPS) is 10.3. The number of ether oxygens (including phenoxy) is 1. The fourth-order valence-electron chi connectivity index (χ4n) is 1.06. The van der Waals surface area contributed by atoms with E-state index in [1.807, 2.05) is 0 Å². The monoisotopic (exact) mass is 201 g/mol. The van der Waals surface area contributed by atoms with Crippen LogP contribution in [0.2, 0.25) is 0 Å². The number of carbonyl (C=O) groups excluding carboxylic acids is 2. The Hall–Kier alpha value is -1.59. The molecule has 0 saturated heterocycles. The van der Waals surface area contributed by atoms with Crippen molar-refractivity contribution in [2.75, 3.05) is 0 Å². The van der Waals surface area contributed by atoms with Gasteiger partial charge in [-0.15, -0.1) is 0 Å². The lowest BCUT2D eigenvalue weighted by molar-refractivity contribution is -0.133. The highest BCUT2D eigenvalue weighted by Gasteiger charge is 2.28.